The van der Waals surface area contributed by atoms with E-state index in [1.165, 1.54) is 19.1 Å². The van der Waals surface area contributed by atoms with Gasteiger partial charge in [-0.05, 0) is 24.6 Å². The summed E-state index contributed by atoms with van der Waals surface area (Å²) in [4.78, 5) is 62.5. The summed E-state index contributed by atoms with van der Waals surface area (Å²) in [5.41, 5.74) is 1.18. The van der Waals surface area contributed by atoms with Crippen molar-refractivity contribution < 1.29 is 29.1 Å². The summed E-state index contributed by atoms with van der Waals surface area (Å²) >= 11 is 0. The average Bonchev–Trinajstić information content (AvgIpc) is 3.00. The van der Waals surface area contributed by atoms with Gasteiger partial charge in [0.05, 0.1) is 17.0 Å². The number of rotatable bonds is 9. The Labute approximate surface area is 178 Å². The van der Waals surface area contributed by atoms with Gasteiger partial charge in [0, 0.05) is 19.4 Å². The molecular formula is C23H22N2O6. The molecule has 3 rings (SSSR count). The van der Waals surface area contributed by atoms with E-state index in [0.717, 1.165) is 10.5 Å². The Bertz CT molecular complexity index is 998. The number of nitrogens with one attached hydrogen (secondary N) is 1. The van der Waals surface area contributed by atoms with Gasteiger partial charge in [0.25, 0.3) is 11.8 Å². The van der Waals surface area contributed by atoms with Crippen LogP contribution in [-0.2, 0) is 20.8 Å². The molecule has 1 heterocycles. The van der Waals surface area contributed by atoms with Crippen molar-refractivity contribution in [3.05, 3.63) is 71.3 Å². The fraction of sp³-hybridized carbons (Fsp3) is 0.261. The number of hydrogen-bond acceptors (Lipinski definition) is 5. The highest BCUT2D eigenvalue weighted by molar-refractivity contribution is 6.22. The molecule has 1 aliphatic heterocycles. The lowest BCUT2D eigenvalue weighted by molar-refractivity contribution is -0.143. The first kappa shape index (κ1) is 21.9. The van der Waals surface area contributed by atoms with Gasteiger partial charge in [-0.25, -0.2) is 0 Å². The Kier molecular flexibility index (Phi) is 6.59. The zero-order valence-corrected chi connectivity index (χ0v) is 16.9. The molecule has 2 atom stereocenters. The number of carbonyl (C=O) groups excluding carboxylic acids is 4. The van der Waals surface area contributed by atoms with Crippen molar-refractivity contribution >= 4 is 29.5 Å². The Hall–Kier alpha value is -3.81. The van der Waals surface area contributed by atoms with Gasteiger partial charge in [0.2, 0.25) is 5.91 Å². The smallest absolute Gasteiger partial charge is 0.308 e. The number of carboxylic acid groups (broad SMARTS) is 1. The third kappa shape index (κ3) is 4.85. The van der Waals surface area contributed by atoms with E-state index >= 15 is 0 Å². The van der Waals surface area contributed by atoms with Gasteiger partial charge in [0.1, 0.15) is 11.8 Å². The summed E-state index contributed by atoms with van der Waals surface area (Å²) in [5, 5.41) is 11.8. The van der Waals surface area contributed by atoms with Crippen LogP contribution in [0.2, 0.25) is 0 Å². The van der Waals surface area contributed by atoms with Crippen LogP contribution in [-0.4, -0.2) is 52.1 Å². The number of fused-ring (bicyclic) bond motifs is 1. The number of carbonyl (C=O) groups is 5. The largest absolute Gasteiger partial charge is 0.481 e. The highest BCUT2D eigenvalue weighted by Gasteiger charge is 2.42. The SMILES string of the molecule is CC(=O)C[C@@H](CNC(=O)[C@H](Cc1ccccc1)N1C(=O)c2ccccc2C1=O)C(=O)O. The summed E-state index contributed by atoms with van der Waals surface area (Å²) in [6.07, 6.45) is -0.158. The lowest BCUT2D eigenvalue weighted by atomic mass is 10.0. The highest BCUT2D eigenvalue weighted by atomic mass is 16.4. The molecule has 31 heavy (non-hydrogen) atoms. The summed E-state index contributed by atoms with van der Waals surface area (Å²) in [6, 6.07) is 14.1. The minimum atomic E-state index is -1.21. The van der Waals surface area contributed by atoms with E-state index in [9.17, 15) is 29.1 Å². The molecular weight excluding hydrogens is 400 g/mol. The van der Waals surface area contributed by atoms with Crippen molar-refractivity contribution in [1.82, 2.24) is 10.2 Å². The quantitative estimate of drug-likeness (QED) is 0.593. The van der Waals surface area contributed by atoms with Crippen LogP contribution in [0.3, 0.4) is 0 Å². The van der Waals surface area contributed by atoms with Crippen molar-refractivity contribution in [3.8, 4) is 0 Å². The summed E-state index contributed by atoms with van der Waals surface area (Å²) in [6.45, 7) is 0.983. The van der Waals surface area contributed by atoms with Crippen LogP contribution in [0, 0.1) is 5.92 Å². The van der Waals surface area contributed by atoms with Crippen molar-refractivity contribution in [2.24, 2.45) is 5.92 Å². The molecule has 8 nitrogen and oxygen atoms in total. The highest BCUT2D eigenvalue weighted by Crippen LogP contribution is 2.26. The molecule has 0 radical (unpaired) electrons. The maximum Gasteiger partial charge on any atom is 0.308 e. The van der Waals surface area contributed by atoms with Crippen molar-refractivity contribution in [3.63, 3.8) is 0 Å². The molecule has 0 bridgehead atoms. The fourth-order valence-corrected chi connectivity index (χ4v) is 3.56. The van der Waals surface area contributed by atoms with Crippen LogP contribution in [0.5, 0.6) is 0 Å². The maximum atomic E-state index is 13.1. The number of hydrogen-bond donors (Lipinski definition) is 2. The molecule has 0 aliphatic carbocycles. The Morgan fingerprint density at radius 3 is 2.00 bits per heavy atom. The van der Waals surface area contributed by atoms with Crippen LogP contribution in [0.1, 0.15) is 39.6 Å². The molecule has 2 aromatic rings. The minimum absolute atomic E-state index is 0.0720. The minimum Gasteiger partial charge on any atom is -0.481 e. The Morgan fingerprint density at radius 1 is 0.935 bits per heavy atom. The zero-order valence-electron chi connectivity index (χ0n) is 16.9. The topological polar surface area (TPSA) is 121 Å². The maximum absolute atomic E-state index is 13.1. The monoisotopic (exact) mass is 422 g/mol. The molecule has 1 aliphatic rings. The lowest BCUT2D eigenvalue weighted by Crippen LogP contribution is -2.51. The van der Waals surface area contributed by atoms with Crippen LogP contribution in [0.15, 0.2) is 54.6 Å². The first-order valence-corrected chi connectivity index (χ1v) is 9.80. The number of imide groups is 1. The predicted octanol–water partition coefficient (Wildman–Crippen LogP) is 1.69. The molecule has 0 saturated heterocycles. The van der Waals surface area contributed by atoms with Crippen LogP contribution in [0.4, 0.5) is 0 Å². The molecule has 0 aromatic heterocycles. The molecule has 0 unspecified atom stereocenters. The molecule has 160 valence electrons. The fourth-order valence-electron chi connectivity index (χ4n) is 3.56. The average molecular weight is 422 g/mol. The second-order valence-electron chi connectivity index (χ2n) is 7.42. The third-order valence-electron chi connectivity index (χ3n) is 5.12. The van der Waals surface area contributed by atoms with Gasteiger partial charge < -0.3 is 15.2 Å². The van der Waals surface area contributed by atoms with Crippen LogP contribution >= 0.6 is 0 Å². The van der Waals surface area contributed by atoms with Crippen LogP contribution < -0.4 is 5.32 Å². The molecule has 0 fully saturated rings. The van der Waals surface area contributed by atoms with Crippen LogP contribution in [0.25, 0.3) is 0 Å². The molecule has 0 spiro atoms. The van der Waals surface area contributed by atoms with Gasteiger partial charge in [0.15, 0.2) is 0 Å². The molecule has 3 amide bonds. The van der Waals surface area contributed by atoms with Gasteiger partial charge in [-0.1, -0.05) is 42.5 Å². The number of amides is 3. The first-order chi connectivity index (χ1) is 14.8. The molecule has 2 aromatic carbocycles. The number of nitrogens with zero attached hydrogens (tertiary/aromatic N) is 1. The number of ketones is 1. The van der Waals surface area contributed by atoms with Gasteiger partial charge in [-0.3, -0.25) is 24.1 Å². The van der Waals surface area contributed by atoms with Crippen molar-refractivity contribution in [1.29, 1.82) is 0 Å². The van der Waals surface area contributed by atoms with E-state index < -0.39 is 35.7 Å². The summed E-state index contributed by atoms with van der Waals surface area (Å²) < 4.78 is 0. The standard InChI is InChI=1S/C23H22N2O6/c1-14(26)11-16(23(30)31)13-24-20(27)19(12-15-7-3-2-4-8-15)25-21(28)17-9-5-6-10-18(17)22(25)29/h2-10,16,19H,11-13H2,1H3,(H,24,27)(H,30,31)/t16-,19-/m0/s1. The number of aliphatic carboxylic acids is 1. The number of benzene rings is 2. The van der Waals surface area contributed by atoms with E-state index in [1.807, 2.05) is 0 Å². The van der Waals surface area contributed by atoms with Crippen molar-refractivity contribution in [2.45, 2.75) is 25.8 Å². The van der Waals surface area contributed by atoms with Crippen molar-refractivity contribution in [2.75, 3.05) is 6.54 Å². The summed E-state index contributed by atoms with van der Waals surface area (Å²) in [7, 11) is 0. The number of carboxylic acids is 1. The normalized spacial score (nSPS) is 14.7. The molecule has 8 heteroatoms. The lowest BCUT2D eigenvalue weighted by Gasteiger charge is -2.26. The van der Waals surface area contributed by atoms with Gasteiger partial charge >= 0.3 is 5.97 Å². The van der Waals surface area contributed by atoms with E-state index in [2.05, 4.69) is 5.32 Å². The van der Waals surface area contributed by atoms with E-state index in [4.69, 9.17) is 0 Å². The number of Topliss-reactive ketones (excluding diaryl/α,β-unsaturated/α-hetero) is 1. The van der Waals surface area contributed by atoms with Gasteiger partial charge in [-0.2, -0.15) is 0 Å². The van der Waals surface area contributed by atoms with E-state index in [1.54, 1.807) is 42.5 Å². The van der Waals surface area contributed by atoms with Gasteiger partial charge in [-0.15, -0.1) is 0 Å². The van der Waals surface area contributed by atoms with E-state index in [-0.39, 0.29) is 36.3 Å². The third-order valence-corrected chi connectivity index (χ3v) is 5.12. The summed E-state index contributed by atoms with van der Waals surface area (Å²) in [5.74, 6) is -4.43. The Morgan fingerprint density at radius 2 is 1.48 bits per heavy atom. The second kappa shape index (κ2) is 9.34. The molecule has 2 N–H and O–H groups in total. The molecule has 0 saturated carbocycles. The van der Waals surface area contributed by atoms with E-state index in [0.29, 0.717) is 0 Å². The Balaban J connectivity index is 1.86. The first-order valence-electron chi connectivity index (χ1n) is 9.80. The second-order valence-corrected chi connectivity index (χ2v) is 7.42. The predicted molar refractivity (Wildman–Crippen MR) is 110 cm³/mol. The zero-order chi connectivity index (χ0) is 22.5.